The van der Waals surface area contributed by atoms with Crippen LogP contribution in [0.3, 0.4) is 0 Å². The van der Waals surface area contributed by atoms with Gasteiger partial charge in [0.15, 0.2) is 0 Å². The monoisotopic (exact) mass is 284 g/mol. The predicted octanol–water partition coefficient (Wildman–Crippen LogP) is 2.55. The summed E-state index contributed by atoms with van der Waals surface area (Å²) in [5, 5.41) is 3.06. The van der Waals surface area contributed by atoms with Crippen molar-refractivity contribution in [1.29, 1.82) is 0 Å². The SMILES string of the molecule is CC1CCCC(CNC(=O)c2cccc(C#CCN)c2)C1. The number of nitrogens with one attached hydrogen (secondary N) is 1. The van der Waals surface area contributed by atoms with Gasteiger partial charge in [0, 0.05) is 17.7 Å². The van der Waals surface area contributed by atoms with E-state index in [0.29, 0.717) is 18.0 Å². The topological polar surface area (TPSA) is 55.1 Å². The number of hydrogen-bond donors (Lipinski definition) is 2. The lowest BCUT2D eigenvalue weighted by atomic mass is 9.82. The molecule has 112 valence electrons. The minimum absolute atomic E-state index is 0.00961. The highest BCUT2D eigenvalue weighted by molar-refractivity contribution is 5.94. The summed E-state index contributed by atoms with van der Waals surface area (Å²) in [4.78, 5) is 12.2. The van der Waals surface area contributed by atoms with Gasteiger partial charge in [0.1, 0.15) is 0 Å². The second kappa shape index (κ2) is 7.85. The highest BCUT2D eigenvalue weighted by Gasteiger charge is 2.19. The number of carbonyl (C=O) groups excluding carboxylic acids is 1. The van der Waals surface area contributed by atoms with Crippen LogP contribution in [0.15, 0.2) is 24.3 Å². The third-order valence-corrected chi connectivity index (χ3v) is 4.06. The normalized spacial score (nSPS) is 21.2. The molecule has 2 unspecified atom stereocenters. The fourth-order valence-electron chi connectivity index (χ4n) is 2.98. The van der Waals surface area contributed by atoms with E-state index in [9.17, 15) is 4.79 Å². The van der Waals surface area contributed by atoms with Crippen LogP contribution < -0.4 is 11.1 Å². The molecule has 1 fully saturated rings. The highest BCUT2D eigenvalue weighted by Crippen LogP contribution is 2.27. The Morgan fingerprint density at radius 1 is 1.43 bits per heavy atom. The molecule has 0 bridgehead atoms. The molecule has 0 heterocycles. The Morgan fingerprint density at radius 2 is 2.29 bits per heavy atom. The van der Waals surface area contributed by atoms with Crippen LogP contribution in [0.4, 0.5) is 0 Å². The molecule has 0 aliphatic heterocycles. The number of rotatable bonds is 3. The van der Waals surface area contributed by atoms with E-state index in [-0.39, 0.29) is 5.91 Å². The molecule has 2 rings (SSSR count). The number of amides is 1. The van der Waals surface area contributed by atoms with Crippen LogP contribution in [0.1, 0.15) is 48.5 Å². The fraction of sp³-hybridized carbons (Fsp3) is 0.500. The van der Waals surface area contributed by atoms with Crippen LogP contribution in [-0.4, -0.2) is 19.0 Å². The van der Waals surface area contributed by atoms with Crippen molar-refractivity contribution in [3.8, 4) is 11.8 Å². The first-order chi connectivity index (χ1) is 10.2. The van der Waals surface area contributed by atoms with Gasteiger partial charge in [-0.25, -0.2) is 0 Å². The molecule has 3 N–H and O–H groups in total. The quantitative estimate of drug-likeness (QED) is 0.838. The van der Waals surface area contributed by atoms with Crippen molar-refractivity contribution in [1.82, 2.24) is 5.32 Å². The summed E-state index contributed by atoms with van der Waals surface area (Å²) in [5.74, 6) is 7.16. The number of carbonyl (C=O) groups is 1. The number of hydrogen-bond acceptors (Lipinski definition) is 2. The first-order valence-electron chi connectivity index (χ1n) is 7.76. The van der Waals surface area contributed by atoms with Crippen molar-refractivity contribution in [3.63, 3.8) is 0 Å². The molecule has 3 nitrogen and oxygen atoms in total. The van der Waals surface area contributed by atoms with E-state index >= 15 is 0 Å². The smallest absolute Gasteiger partial charge is 0.251 e. The zero-order valence-corrected chi connectivity index (χ0v) is 12.7. The van der Waals surface area contributed by atoms with Gasteiger partial charge < -0.3 is 11.1 Å². The molecule has 0 radical (unpaired) electrons. The average molecular weight is 284 g/mol. The van der Waals surface area contributed by atoms with Crippen LogP contribution >= 0.6 is 0 Å². The number of benzene rings is 1. The molecule has 1 aromatic rings. The lowest BCUT2D eigenvalue weighted by Gasteiger charge is -2.26. The standard InChI is InChI=1S/C18H24N2O/c1-14-5-2-7-16(11-14)13-20-18(21)17-9-3-6-15(12-17)8-4-10-19/h3,6,9,12,14,16H,2,5,7,10-11,13,19H2,1H3,(H,20,21). The van der Waals surface area contributed by atoms with E-state index in [4.69, 9.17) is 5.73 Å². The Bertz CT molecular complexity index is 542. The molecular formula is C18H24N2O. The van der Waals surface area contributed by atoms with Crippen LogP contribution in [0.25, 0.3) is 0 Å². The van der Waals surface area contributed by atoms with Crippen LogP contribution in [0.2, 0.25) is 0 Å². The second-order valence-corrected chi connectivity index (χ2v) is 5.93. The molecule has 0 saturated heterocycles. The van der Waals surface area contributed by atoms with E-state index in [1.165, 1.54) is 25.7 Å². The molecule has 3 heteroatoms. The lowest BCUT2D eigenvalue weighted by molar-refractivity contribution is 0.0940. The molecule has 0 spiro atoms. The maximum absolute atomic E-state index is 12.2. The third-order valence-electron chi connectivity index (χ3n) is 4.06. The maximum atomic E-state index is 12.2. The summed E-state index contributed by atoms with van der Waals surface area (Å²) >= 11 is 0. The first kappa shape index (κ1) is 15.6. The summed E-state index contributed by atoms with van der Waals surface area (Å²) in [6.07, 6.45) is 5.06. The second-order valence-electron chi connectivity index (χ2n) is 5.93. The summed E-state index contributed by atoms with van der Waals surface area (Å²) in [7, 11) is 0. The predicted molar refractivity (Wildman–Crippen MR) is 85.8 cm³/mol. The zero-order valence-electron chi connectivity index (χ0n) is 12.7. The zero-order chi connectivity index (χ0) is 15.1. The van der Waals surface area contributed by atoms with Gasteiger partial charge in [-0.15, -0.1) is 0 Å². The molecule has 1 aliphatic carbocycles. The van der Waals surface area contributed by atoms with Crippen molar-refractivity contribution in [3.05, 3.63) is 35.4 Å². The van der Waals surface area contributed by atoms with Crippen molar-refractivity contribution < 1.29 is 4.79 Å². The molecule has 0 aromatic heterocycles. The van der Waals surface area contributed by atoms with Gasteiger partial charge in [0.2, 0.25) is 0 Å². The molecule has 21 heavy (non-hydrogen) atoms. The Labute approximate surface area is 127 Å². The maximum Gasteiger partial charge on any atom is 0.251 e. The van der Waals surface area contributed by atoms with Crippen molar-refractivity contribution in [2.24, 2.45) is 17.6 Å². The van der Waals surface area contributed by atoms with E-state index < -0.39 is 0 Å². The van der Waals surface area contributed by atoms with Gasteiger partial charge in [0.05, 0.1) is 6.54 Å². The average Bonchev–Trinajstić information content (AvgIpc) is 2.51. The van der Waals surface area contributed by atoms with Gasteiger partial charge in [0.25, 0.3) is 5.91 Å². The van der Waals surface area contributed by atoms with Gasteiger partial charge >= 0.3 is 0 Å². The Hall–Kier alpha value is -1.79. The lowest BCUT2D eigenvalue weighted by Crippen LogP contribution is -2.31. The van der Waals surface area contributed by atoms with Gasteiger partial charge in [-0.1, -0.05) is 37.7 Å². The van der Waals surface area contributed by atoms with Gasteiger partial charge in [-0.05, 0) is 42.9 Å². The summed E-state index contributed by atoms with van der Waals surface area (Å²) in [6, 6.07) is 7.40. The molecule has 1 saturated carbocycles. The van der Waals surface area contributed by atoms with E-state index in [1.54, 1.807) is 0 Å². The minimum atomic E-state index is -0.00961. The van der Waals surface area contributed by atoms with Crippen molar-refractivity contribution >= 4 is 5.91 Å². The molecule has 1 amide bonds. The van der Waals surface area contributed by atoms with E-state index in [0.717, 1.165) is 18.0 Å². The number of nitrogens with two attached hydrogens (primary N) is 1. The summed E-state index contributed by atoms with van der Waals surface area (Å²) < 4.78 is 0. The van der Waals surface area contributed by atoms with Crippen LogP contribution in [0, 0.1) is 23.7 Å². The first-order valence-corrected chi connectivity index (χ1v) is 7.76. The van der Waals surface area contributed by atoms with Gasteiger partial charge in [-0.3, -0.25) is 4.79 Å². The summed E-state index contributed by atoms with van der Waals surface area (Å²) in [5.41, 5.74) is 6.86. The largest absolute Gasteiger partial charge is 0.352 e. The Morgan fingerprint density at radius 3 is 3.05 bits per heavy atom. The van der Waals surface area contributed by atoms with Crippen molar-refractivity contribution in [2.45, 2.75) is 32.6 Å². The van der Waals surface area contributed by atoms with Crippen molar-refractivity contribution in [2.75, 3.05) is 13.1 Å². The summed E-state index contributed by atoms with van der Waals surface area (Å²) in [6.45, 7) is 3.41. The molecule has 1 aromatic carbocycles. The molecule has 1 aliphatic rings. The minimum Gasteiger partial charge on any atom is -0.352 e. The van der Waals surface area contributed by atoms with Gasteiger partial charge in [-0.2, -0.15) is 0 Å². The van der Waals surface area contributed by atoms with E-state index in [2.05, 4.69) is 24.1 Å². The highest BCUT2D eigenvalue weighted by atomic mass is 16.1. The Balaban J connectivity index is 1.91. The van der Waals surface area contributed by atoms with Crippen LogP contribution in [-0.2, 0) is 0 Å². The third kappa shape index (κ3) is 4.91. The van der Waals surface area contributed by atoms with Crippen LogP contribution in [0.5, 0.6) is 0 Å². The molecule has 2 atom stereocenters. The fourth-order valence-corrected chi connectivity index (χ4v) is 2.98. The van der Waals surface area contributed by atoms with E-state index in [1.807, 2.05) is 24.3 Å². The molecular weight excluding hydrogens is 260 g/mol. The Kier molecular flexibility index (Phi) is 5.83.